The largest absolute Gasteiger partial charge is 0.461 e. The Kier molecular flexibility index (Phi) is 8.35. The van der Waals surface area contributed by atoms with Gasteiger partial charge in [0.1, 0.15) is 41.7 Å². The number of alkyl halides is 3. The third kappa shape index (κ3) is 6.21. The fourth-order valence-corrected chi connectivity index (χ4v) is 5.46. The Bertz CT molecular complexity index is 1300. The number of amides is 2. The molecule has 1 saturated heterocycles. The van der Waals surface area contributed by atoms with Crippen LogP contribution in [-0.4, -0.2) is 57.1 Å². The molecule has 1 N–H and O–H groups in total. The van der Waals surface area contributed by atoms with E-state index >= 15 is 0 Å². The number of ether oxygens (including phenoxy) is 2. The highest BCUT2D eigenvalue weighted by molar-refractivity contribution is 8.04. The molecule has 0 spiro atoms. The van der Waals surface area contributed by atoms with Gasteiger partial charge in [0, 0.05) is 28.3 Å². The molecule has 1 unspecified atom stereocenters. The highest BCUT2D eigenvalue weighted by Crippen LogP contribution is 2.47. The van der Waals surface area contributed by atoms with Crippen LogP contribution in [0.1, 0.15) is 12.7 Å². The fraction of sp³-hybridized carbons (Fsp3) is 0.304. The number of carbonyl (C=O) groups excluding carboxylic acids is 4. The average Bonchev–Trinajstić information content (AvgIpc) is 3.25. The van der Waals surface area contributed by atoms with E-state index in [1.165, 1.54) is 12.5 Å². The van der Waals surface area contributed by atoms with Crippen molar-refractivity contribution in [3.63, 3.8) is 0 Å². The van der Waals surface area contributed by atoms with E-state index in [0.717, 1.165) is 22.0 Å². The van der Waals surface area contributed by atoms with Crippen LogP contribution in [0.5, 0.6) is 0 Å². The molecular weight excluding hydrogens is 590 g/mol. The summed E-state index contributed by atoms with van der Waals surface area (Å²) in [5.74, 6) is -2.21. The second-order valence-electron chi connectivity index (χ2n) is 7.96. The maximum atomic E-state index is 13.1. The lowest BCUT2D eigenvalue weighted by molar-refractivity contribution is -0.153. The van der Waals surface area contributed by atoms with Gasteiger partial charge in [-0.25, -0.2) is 4.79 Å². The molecule has 2 amide bonds. The van der Waals surface area contributed by atoms with Gasteiger partial charge in [-0.3, -0.25) is 19.3 Å². The molecule has 4 rings (SSSR count). The number of benzene rings is 1. The molecule has 0 radical (unpaired) electrons. The van der Waals surface area contributed by atoms with E-state index in [0.29, 0.717) is 16.2 Å². The van der Waals surface area contributed by atoms with E-state index in [2.05, 4.69) is 5.32 Å². The van der Waals surface area contributed by atoms with Crippen molar-refractivity contribution in [3.05, 3.63) is 57.8 Å². The Morgan fingerprint density at radius 3 is 2.59 bits per heavy atom. The summed E-state index contributed by atoms with van der Waals surface area (Å²) in [4.78, 5) is 51.7. The highest BCUT2D eigenvalue weighted by atomic mass is 35.6. The average molecular weight is 608 g/mol. The van der Waals surface area contributed by atoms with Crippen LogP contribution in [0.3, 0.4) is 0 Å². The topological polar surface area (TPSA) is 115 Å². The first kappa shape index (κ1) is 27.7. The van der Waals surface area contributed by atoms with E-state index in [1.54, 1.807) is 12.1 Å². The summed E-state index contributed by atoms with van der Waals surface area (Å²) in [6.07, 6.45) is -0.0975. The minimum absolute atomic E-state index is 0.0975. The molecule has 2 aromatic rings. The Morgan fingerprint density at radius 2 is 1.95 bits per heavy atom. The predicted molar refractivity (Wildman–Crippen MR) is 139 cm³/mol. The smallest absolute Gasteiger partial charge is 0.355 e. The molecule has 2 aliphatic rings. The van der Waals surface area contributed by atoms with Crippen molar-refractivity contribution in [1.82, 2.24) is 10.2 Å². The van der Waals surface area contributed by atoms with Crippen LogP contribution in [0.25, 0.3) is 11.0 Å². The number of β-lactam (4-membered cyclic amide) rings is 1. The van der Waals surface area contributed by atoms with Gasteiger partial charge in [0.2, 0.25) is 9.70 Å². The number of nitrogens with zero attached hydrogens (tertiary/aromatic N) is 1. The first-order valence-corrected chi connectivity index (χ1v) is 13.1. The van der Waals surface area contributed by atoms with Crippen LogP contribution in [0.2, 0.25) is 0 Å². The monoisotopic (exact) mass is 606 g/mol. The molecule has 196 valence electrons. The molecule has 9 nitrogen and oxygen atoms in total. The minimum atomic E-state index is -1.90. The SMILES string of the molecule is CC(=O)OCC1=C(C(=O)OCC(Cl)(Cl)Cl)N2C(=O)C(NC(=O)Cc3cc4ccccc4o3)[C@H]2SC1=CCl. The number of fused-ring (bicyclic) bond motifs is 2. The van der Waals surface area contributed by atoms with Gasteiger partial charge >= 0.3 is 11.9 Å². The Balaban J connectivity index is 1.54. The summed E-state index contributed by atoms with van der Waals surface area (Å²) in [6, 6.07) is 8.08. The van der Waals surface area contributed by atoms with Gasteiger partial charge in [0.15, 0.2) is 0 Å². The van der Waals surface area contributed by atoms with Gasteiger partial charge in [-0.1, -0.05) is 76.4 Å². The first-order valence-electron chi connectivity index (χ1n) is 10.7. The van der Waals surface area contributed by atoms with Crippen LogP contribution in [0.4, 0.5) is 0 Å². The molecule has 1 aromatic carbocycles. The number of para-hydroxylation sites is 1. The molecule has 0 saturated carbocycles. The fourth-order valence-electron chi connectivity index (χ4n) is 3.77. The number of hydrogen-bond donors (Lipinski definition) is 1. The Morgan fingerprint density at radius 1 is 1.22 bits per heavy atom. The second kappa shape index (κ2) is 11.2. The maximum absolute atomic E-state index is 13.1. The summed E-state index contributed by atoms with van der Waals surface area (Å²) in [5, 5.41) is 2.80. The minimum Gasteiger partial charge on any atom is -0.461 e. The highest BCUT2D eigenvalue weighted by Gasteiger charge is 2.55. The number of halogens is 4. The van der Waals surface area contributed by atoms with Crippen molar-refractivity contribution in [3.8, 4) is 0 Å². The van der Waals surface area contributed by atoms with E-state index < -0.39 is 45.6 Å². The van der Waals surface area contributed by atoms with E-state index in [1.807, 2.05) is 18.2 Å². The van der Waals surface area contributed by atoms with Crippen molar-refractivity contribution < 1.29 is 33.1 Å². The van der Waals surface area contributed by atoms with Gasteiger partial charge in [-0.05, 0) is 12.1 Å². The number of rotatable bonds is 7. The number of thioether (sulfide) groups is 1. The predicted octanol–water partition coefficient (Wildman–Crippen LogP) is 4.19. The zero-order valence-electron chi connectivity index (χ0n) is 19.0. The Hall–Kier alpha value is -2.37. The quantitative estimate of drug-likeness (QED) is 0.283. The van der Waals surface area contributed by atoms with E-state index in [9.17, 15) is 19.2 Å². The van der Waals surface area contributed by atoms with Gasteiger partial charge in [-0.15, -0.1) is 0 Å². The summed E-state index contributed by atoms with van der Waals surface area (Å²) in [7, 11) is 0. The first-order chi connectivity index (χ1) is 17.5. The maximum Gasteiger partial charge on any atom is 0.355 e. The second-order valence-corrected chi connectivity index (χ2v) is 11.9. The van der Waals surface area contributed by atoms with Crippen molar-refractivity contribution in [1.29, 1.82) is 0 Å². The Labute approximate surface area is 235 Å². The molecule has 1 fully saturated rings. The molecule has 1 aromatic heterocycles. The van der Waals surface area contributed by atoms with E-state index in [-0.39, 0.29) is 24.3 Å². The number of carbonyl (C=O) groups is 4. The molecule has 2 aliphatic heterocycles. The van der Waals surface area contributed by atoms with Crippen molar-refractivity contribution in [2.75, 3.05) is 13.2 Å². The van der Waals surface area contributed by atoms with Crippen LogP contribution < -0.4 is 5.32 Å². The zero-order chi connectivity index (χ0) is 26.9. The van der Waals surface area contributed by atoms with Crippen molar-refractivity contribution in [2.45, 2.75) is 28.6 Å². The molecular formula is C23H18Cl4N2O7S. The molecule has 3 heterocycles. The standard InChI is InChI=1S/C23H18Cl4N2O7S/c1-11(30)34-9-14-16(8-24)37-21-18(20(32)29(21)19(14)22(33)35-10-23(25,26)27)28-17(31)7-13-6-12-4-2-3-5-15(12)36-13/h2-6,8,18,21H,7,9-10H2,1H3,(H,28,31)/t18?,21-/m1/s1. The van der Waals surface area contributed by atoms with Crippen molar-refractivity contribution >= 4 is 92.9 Å². The molecule has 0 bridgehead atoms. The number of esters is 2. The summed E-state index contributed by atoms with van der Waals surface area (Å²) in [5.41, 5.74) is 1.73. The molecule has 2 atom stereocenters. The summed E-state index contributed by atoms with van der Waals surface area (Å²) in [6.45, 7) is 0.226. The molecule has 14 heteroatoms. The molecule has 37 heavy (non-hydrogen) atoms. The third-order valence-electron chi connectivity index (χ3n) is 5.32. The van der Waals surface area contributed by atoms with Crippen LogP contribution in [0.15, 0.2) is 56.5 Å². The number of furan rings is 1. The van der Waals surface area contributed by atoms with Gasteiger partial charge in [-0.2, -0.15) is 0 Å². The lowest BCUT2D eigenvalue weighted by atomic mass is 10.0. The third-order valence-corrected chi connectivity index (χ3v) is 7.34. The number of nitrogens with one attached hydrogen (secondary N) is 1. The molecule has 0 aliphatic carbocycles. The van der Waals surface area contributed by atoms with Crippen LogP contribution in [-0.2, 0) is 35.1 Å². The zero-order valence-corrected chi connectivity index (χ0v) is 22.8. The van der Waals surface area contributed by atoms with Gasteiger partial charge in [0.25, 0.3) is 5.91 Å². The summed E-state index contributed by atoms with van der Waals surface area (Å²) < 4.78 is 13.9. The van der Waals surface area contributed by atoms with E-state index in [4.69, 9.17) is 60.3 Å². The lowest BCUT2D eigenvalue weighted by Crippen LogP contribution is -2.70. The lowest BCUT2D eigenvalue weighted by Gasteiger charge is -2.50. The summed E-state index contributed by atoms with van der Waals surface area (Å²) >= 11 is 24.2. The van der Waals surface area contributed by atoms with Crippen LogP contribution >= 0.6 is 58.2 Å². The van der Waals surface area contributed by atoms with Gasteiger partial charge < -0.3 is 19.2 Å². The van der Waals surface area contributed by atoms with Gasteiger partial charge in [0.05, 0.1) is 6.42 Å². The van der Waals surface area contributed by atoms with Crippen molar-refractivity contribution in [2.24, 2.45) is 0 Å². The normalized spacial score (nSPS) is 20.5. The number of hydrogen-bond acceptors (Lipinski definition) is 8. The van der Waals surface area contributed by atoms with Crippen LogP contribution in [0, 0.1) is 0 Å².